The van der Waals surface area contributed by atoms with E-state index in [2.05, 4.69) is 33.5 Å². The Bertz CT molecular complexity index is 20.0. The van der Waals surface area contributed by atoms with Crippen molar-refractivity contribution in [2.24, 2.45) is 0 Å². The fourth-order valence-electron chi connectivity index (χ4n) is 0. The molecule has 0 aromatic heterocycles. The second-order valence-corrected chi connectivity index (χ2v) is 1.13. The SMILES string of the molecule is S=[C]CBr. The van der Waals surface area contributed by atoms with Crippen LogP contribution in [0.3, 0.4) is 0 Å². The number of alkyl halides is 1. The number of rotatable bonds is 1. The number of thiocarbonyl (C=S) groups is 1. The zero-order valence-corrected chi connectivity index (χ0v) is 4.40. The molecule has 2 heteroatoms. The molecular weight excluding hydrogens is 136 g/mol. The minimum Gasteiger partial charge on any atom is -0.0867 e. The molecule has 0 N–H and O–H groups in total. The van der Waals surface area contributed by atoms with Crippen molar-refractivity contribution in [3.63, 3.8) is 0 Å². The maximum absolute atomic E-state index is 4.26. The van der Waals surface area contributed by atoms with Crippen LogP contribution in [0.2, 0.25) is 0 Å². The topological polar surface area (TPSA) is 0 Å². The quantitative estimate of drug-likeness (QED) is 0.388. The first-order valence-corrected chi connectivity index (χ1v) is 2.35. The first-order valence-electron chi connectivity index (χ1n) is 0.825. The van der Waals surface area contributed by atoms with E-state index in [1.54, 1.807) is 0 Å². The summed E-state index contributed by atoms with van der Waals surface area (Å²) in [4.78, 5) is 0. The van der Waals surface area contributed by atoms with Crippen LogP contribution in [0.15, 0.2) is 0 Å². The Balaban J connectivity index is 2.30. The fraction of sp³-hybridized carbons (Fsp3) is 0.500. The van der Waals surface area contributed by atoms with Gasteiger partial charge in [0.2, 0.25) is 0 Å². The molecule has 0 aliphatic rings. The zero-order chi connectivity index (χ0) is 3.41. The van der Waals surface area contributed by atoms with Crippen LogP contribution in [-0.2, 0) is 0 Å². The predicted octanol–water partition coefficient (Wildman–Crippen LogP) is 1.26. The molecule has 0 nitrogen and oxygen atoms in total. The van der Waals surface area contributed by atoms with Crippen molar-refractivity contribution >= 4 is 33.5 Å². The highest BCUT2D eigenvalue weighted by molar-refractivity contribution is 9.09. The molecule has 23 valence electrons. The average Bonchev–Trinajstić information content (AvgIpc) is 1.37. The minimum atomic E-state index is 0.697. The van der Waals surface area contributed by atoms with Crippen LogP contribution in [-0.4, -0.2) is 10.7 Å². The molecule has 0 spiro atoms. The Morgan fingerprint density at radius 1 is 2.00 bits per heavy atom. The standard InChI is InChI=1S/C2H2BrS/c3-1-2-4/h1H2. The summed E-state index contributed by atoms with van der Waals surface area (Å²) in [5, 5.41) is 3.13. The largest absolute Gasteiger partial charge is 0.0867 e. The second-order valence-electron chi connectivity index (χ2n) is 0.278. The summed E-state index contributed by atoms with van der Waals surface area (Å²) in [5.41, 5.74) is 0. The summed E-state index contributed by atoms with van der Waals surface area (Å²) >= 11 is 7.29. The highest BCUT2D eigenvalue weighted by Crippen LogP contribution is 1.68. The van der Waals surface area contributed by atoms with Crippen molar-refractivity contribution in [1.82, 2.24) is 0 Å². The van der Waals surface area contributed by atoms with Crippen LogP contribution >= 0.6 is 28.1 Å². The van der Waals surface area contributed by atoms with Gasteiger partial charge in [0.1, 0.15) is 0 Å². The summed E-state index contributed by atoms with van der Waals surface area (Å²) in [7, 11) is 0. The normalized spacial score (nSPS) is 6.25. The highest BCUT2D eigenvalue weighted by Gasteiger charge is 1.52. The lowest BCUT2D eigenvalue weighted by Crippen LogP contribution is -1.56. The van der Waals surface area contributed by atoms with Gasteiger partial charge in [-0.2, -0.15) is 0 Å². The predicted molar refractivity (Wildman–Crippen MR) is 26.4 cm³/mol. The van der Waals surface area contributed by atoms with E-state index in [4.69, 9.17) is 0 Å². The molecule has 0 aliphatic carbocycles. The average molecular weight is 138 g/mol. The molecule has 0 heterocycles. The van der Waals surface area contributed by atoms with Crippen LogP contribution in [0.25, 0.3) is 0 Å². The Labute approximate surface area is 39.3 Å². The molecule has 4 heavy (non-hydrogen) atoms. The third-order valence-corrected chi connectivity index (χ3v) is 0.850. The van der Waals surface area contributed by atoms with E-state index in [1.165, 1.54) is 0 Å². The van der Waals surface area contributed by atoms with Gasteiger partial charge in [-0.3, -0.25) is 0 Å². The lowest BCUT2D eigenvalue weighted by Gasteiger charge is -1.50. The molecule has 0 aliphatic heterocycles. The molecule has 0 bridgehead atoms. The number of halogens is 1. The van der Waals surface area contributed by atoms with Crippen molar-refractivity contribution in [3.05, 3.63) is 0 Å². The van der Waals surface area contributed by atoms with Crippen LogP contribution in [0, 0.1) is 0 Å². The van der Waals surface area contributed by atoms with Gasteiger partial charge in [0.05, 0.1) is 0 Å². The molecular formula is C2H2BrS. The Kier molecular flexibility index (Phi) is 4.08. The molecule has 0 rings (SSSR count). The molecule has 0 amide bonds. The van der Waals surface area contributed by atoms with Gasteiger partial charge in [0, 0.05) is 10.7 Å². The van der Waals surface area contributed by atoms with E-state index in [1.807, 2.05) is 0 Å². The summed E-state index contributed by atoms with van der Waals surface area (Å²) in [6.07, 6.45) is 0. The Morgan fingerprint density at radius 2 is 2.25 bits per heavy atom. The molecule has 0 saturated heterocycles. The number of hydrogen-bond acceptors (Lipinski definition) is 1. The van der Waals surface area contributed by atoms with Gasteiger partial charge in [-0.25, -0.2) is 0 Å². The molecule has 0 aromatic carbocycles. The Hall–Kier alpha value is 0.570. The Morgan fingerprint density at radius 3 is 2.25 bits per heavy atom. The summed E-state index contributed by atoms with van der Waals surface area (Å²) < 4.78 is 0. The lowest BCUT2D eigenvalue weighted by molar-refractivity contribution is 2.23. The first-order chi connectivity index (χ1) is 1.91. The van der Waals surface area contributed by atoms with Crippen molar-refractivity contribution in [2.45, 2.75) is 0 Å². The third-order valence-electron chi connectivity index (χ3n) is 0.0546. The van der Waals surface area contributed by atoms with E-state index in [9.17, 15) is 0 Å². The maximum Gasteiger partial charge on any atom is 0.0405 e. The van der Waals surface area contributed by atoms with Gasteiger partial charge < -0.3 is 0 Å². The lowest BCUT2D eigenvalue weighted by atomic mass is 11.0. The summed E-state index contributed by atoms with van der Waals surface area (Å²) in [5.74, 6) is 0. The first kappa shape index (κ1) is 4.57. The molecule has 1 radical (unpaired) electrons. The van der Waals surface area contributed by atoms with Gasteiger partial charge in [0.15, 0.2) is 0 Å². The van der Waals surface area contributed by atoms with E-state index in [0.717, 1.165) is 0 Å². The van der Waals surface area contributed by atoms with E-state index in [-0.39, 0.29) is 0 Å². The van der Waals surface area contributed by atoms with Crippen molar-refractivity contribution < 1.29 is 0 Å². The van der Waals surface area contributed by atoms with Gasteiger partial charge in [-0.1, -0.05) is 28.1 Å². The van der Waals surface area contributed by atoms with Crippen LogP contribution in [0.4, 0.5) is 0 Å². The van der Waals surface area contributed by atoms with E-state index in [0.29, 0.717) is 5.33 Å². The van der Waals surface area contributed by atoms with Gasteiger partial charge in [-0.05, 0) is 0 Å². The zero-order valence-electron chi connectivity index (χ0n) is 1.99. The fourth-order valence-corrected chi connectivity index (χ4v) is 0. The number of hydrogen-bond donors (Lipinski definition) is 0. The smallest absolute Gasteiger partial charge is 0.0405 e. The highest BCUT2D eigenvalue weighted by atomic mass is 79.9. The van der Waals surface area contributed by atoms with Crippen molar-refractivity contribution in [1.29, 1.82) is 0 Å². The summed E-state index contributed by atoms with van der Waals surface area (Å²) in [6.45, 7) is 0. The molecule has 0 unspecified atom stereocenters. The molecule has 0 saturated carbocycles. The van der Waals surface area contributed by atoms with Gasteiger partial charge in [0.25, 0.3) is 0 Å². The molecule has 0 fully saturated rings. The van der Waals surface area contributed by atoms with Crippen molar-refractivity contribution in [3.8, 4) is 0 Å². The monoisotopic (exact) mass is 137 g/mol. The molecule has 0 aromatic rings. The summed E-state index contributed by atoms with van der Waals surface area (Å²) in [6, 6.07) is 0. The van der Waals surface area contributed by atoms with Crippen LogP contribution < -0.4 is 0 Å². The maximum atomic E-state index is 4.26. The minimum absolute atomic E-state index is 0.697. The third kappa shape index (κ3) is 2.57. The van der Waals surface area contributed by atoms with Crippen LogP contribution in [0.1, 0.15) is 0 Å². The van der Waals surface area contributed by atoms with Crippen LogP contribution in [0.5, 0.6) is 0 Å². The van der Waals surface area contributed by atoms with E-state index >= 15 is 0 Å². The van der Waals surface area contributed by atoms with E-state index < -0.39 is 0 Å². The van der Waals surface area contributed by atoms with Gasteiger partial charge >= 0.3 is 0 Å². The van der Waals surface area contributed by atoms with Crippen molar-refractivity contribution in [2.75, 3.05) is 5.33 Å². The second kappa shape index (κ2) is 3.57. The molecule has 0 atom stereocenters. The van der Waals surface area contributed by atoms with Gasteiger partial charge in [-0.15, -0.1) is 0 Å².